The van der Waals surface area contributed by atoms with Crippen LogP contribution < -0.4 is 10.6 Å². The maximum Gasteiger partial charge on any atom is 0.0202 e. The summed E-state index contributed by atoms with van der Waals surface area (Å²) >= 11 is 0. The van der Waals surface area contributed by atoms with Crippen LogP contribution in [0.1, 0.15) is 20.3 Å². The Morgan fingerprint density at radius 1 is 1.00 bits per heavy atom. The lowest BCUT2D eigenvalue weighted by Gasteiger charge is -2.50. The normalized spacial score (nSPS) is 25.8. The van der Waals surface area contributed by atoms with E-state index >= 15 is 0 Å². The summed E-state index contributed by atoms with van der Waals surface area (Å²) in [6, 6.07) is 0. The number of nitrogens with one attached hydrogen (secondary N) is 2. The molecule has 1 spiro atoms. The first kappa shape index (κ1) is 8.02. The van der Waals surface area contributed by atoms with E-state index in [9.17, 15) is 0 Å². The summed E-state index contributed by atoms with van der Waals surface area (Å²) in [6.07, 6.45) is 1.25. The van der Waals surface area contributed by atoms with E-state index in [2.05, 4.69) is 24.5 Å². The van der Waals surface area contributed by atoms with Crippen LogP contribution in [0.3, 0.4) is 0 Å². The summed E-state index contributed by atoms with van der Waals surface area (Å²) in [6.45, 7) is 9.25. The van der Waals surface area contributed by atoms with Crippen molar-refractivity contribution < 1.29 is 0 Å². The fourth-order valence-corrected chi connectivity index (χ4v) is 1.21. The molecule has 0 aromatic heterocycles. The van der Waals surface area contributed by atoms with Gasteiger partial charge in [-0.1, -0.05) is 20.3 Å². The molecule has 60 valence electrons. The smallest absolute Gasteiger partial charge is 0.0202 e. The van der Waals surface area contributed by atoms with Crippen LogP contribution in [0.5, 0.6) is 0 Å². The molecule has 0 bridgehead atoms. The van der Waals surface area contributed by atoms with Gasteiger partial charge in [-0.2, -0.15) is 0 Å². The van der Waals surface area contributed by atoms with Gasteiger partial charge in [-0.25, -0.2) is 0 Å². The van der Waals surface area contributed by atoms with Crippen molar-refractivity contribution in [2.75, 3.05) is 26.2 Å². The molecule has 0 amide bonds. The van der Waals surface area contributed by atoms with Gasteiger partial charge in [-0.3, -0.25) is 0 Å². The van der Waals surface area contributed by atoms with Crippen LogP contribution in [0, 0.1) is 5.41 Å². The van der Waals surface area contributed by atoms with Gasteiger partial charge in [-0.15, -0.1) is 0 Å². The number of rotatable bonds is 0. The molecule has 2 aliphatic heterocycles. The Hall–Kier alpha value is -0.0800. The molecule has 10 heavy (non-hydrogen) atoms. The Bertz CT molecular complexity index is 77.9. The van der Waals surface area contributed by atoms with E-state index < -0.39 is 0 Å². The van der Waals surface area contributed by atoms with Gasteiger partial charge in [0, 0.05) is 31.6 Å². The highest BCUT2D eigenvalue weighted by molar-refractivity contribution is 5.01. The molecule has 0 saturated carbocycles. The summed E-state index contributed by atoms with van der Waals surface area (Å²) < 4.78 is 0. The van der Waals surface area contributed by atoms with Crippen LogP contribution in [0.4, 0.5) is 0 Å². The zero-order valence-corrected chi connectivity index (χ0v) is 7.04. The first-order valence-corrected chi connectivity index (χ1v) is 4.24. The van der Waals surface area contributed by atoms with E-state index in [0.29, 0.717) is 0 Å². The van der Waals surface area contributed by atoms with Crippen molar-refractivity contribution in [3.8, 4) is 0 Å². The molecule has 2 aliphatic rings. The lowest BCUT2D eigenvalue weighted by molar-refractivity contribution is 0.0895. The summed E-state index contributed by atoms with van der Waals surface area (Å²) in [4.78, 5) is 0. The summed E-state index contributed by atoms with van der Waals surface area (Å²) in [5.41, 5.74) is 0.722. The van der Waals surface area contributed by atoms with Crippen LogP contribution >= 0.6 is 0 Å². The maximum atomic E-state index is 3.26. The molecule has 2 heteroatoms. The van der Waals surface area contributed by atoms with Gasteiger partial charge in [0.25, 0.3) is 0 Å². The minimum Gasteiger partial charge on any atom is -0.315 e. The van der Waals surface area contributed by atoms with Gasteiger partial charge in [-0.05, 0) is 0 Å². The molecular weight excluding hydrogens is 124 g/mol. The zero-order chi connectivity index (χ0) is 7.45. The topological polar surface area (TPSA) is 24.1 Å². The van der Waals surface area contributed by atoms with Crippen LogP contribution in [-0.2, 0) is 0 Å². The molecule has 2 saturated heterocycles. The number of hydrogen-bond acceptors (Lipinski definition) is 2. The van der Waals surface area contributed by atoms with Crippen molar-refractivity contribution in [1.82, 2.24) is 10.6 Å². The predicted molar refractivity (Wildman–Crippen MR) is 44.1 cm³/mol. The third-order valence-corrected chi connectivity index (χ3v) is 2.00. The lowest BCUT2D eigenvalue weighted by atomic mass is 9.76. The highest BCUT2D eigenvalue weighted by Gasteiger charge is 2.41. The van der Waals surface area contributed by atoms with Crippen molar-refractivity contribution in [1.29, 1.82) is 0 Å². The molecule has 0 aliphatic carbocycles. The molecule has 0 aromatic rings. The first-order chi connectivity index (χ1) is 4.83. The third-order valence-electron chi connectivity index (χ3n) is 2.00. The fourth-order valence-electron chi connectivity index (χ4n) is 1.21. The van der Waals surface area contributed by atoms with Crippen molar-refractivity contribution >= 4 is 0 Å². The molecule has 0 radical (unpaired) electrons. The molecule has 2 heterocycles. The van der Waals surface area contributed by atoms with Gasteiger partial charge in [0.2, 0.25) is 0 Å². The van der Waals surface area contributed by atoms with E-state index in [1.54, 1.807) is 0 Å². The van der Waals surface area contributed by atoms with Crippen molar-refractivity contribution in [2.24, 2.45) is 5.41 Å². The SMILES string of the molecule is C1NCC12CNC2.CCC. The second-order valence-electron chi connectivity index (χ2n) is 3.41. The van der Waals surface area contributed by atoms with E-state index in [1.165, 1.54) is 32.6 Å². The van der Waals surface area contributed by atoms with Crippen molar-refractivity contribution in [2.45, 2.75) is 20.3 Å². The van der Waals surface area contributed by atoms with Gasteiger partial charge in [0.1, 0.15) is 0 Å². The zero-order valence-electron chi connectivity index (χ0n) is 7.04. The molecule has 2 nitrogen and oxygen atoms in total. The average Bonchev–Trinajstić information content (AvgIpc) is 1.57. The lowest BCUT2D eigenvalue weighted by Crippen LogP contribution is -2.69. The molecule has 2 rings (SSSR count). The molecule has 0 unspecified atom stereocenters. The molecule has 0 atom stereocenters. The van der Waals surface area contributed by atoms with E-state index in [0.717, 1.165) is 5.41 Å². The largest absolute Gasteiger partial charge is 0.315 e. The van der Waals surface area contributed by atoms with Crippen molar-refractivity contribution in [3.05, 3.63) is 0 Å². The highest BCUT2D eigenvalue weighted by Crippen LogP contribution is 2.25. The number of hydrogen-bond donors (Lipinski definition) is 2. The van der Waals surface area contributed by atoms with Crippen LogP contribution in [0.2, 0.25) is 0 Å². The Morgan fingerprint density at radius 3 is 1.30 bits per heavy atom. The van der Waals surface area contributed by atoms with E-state index in [4.69, 9.17) is 0 Å². The quantitative estimate of drug-likeness (QED) is 0.517. The Labute approximate surface area is 63.4 Å². The van der Waals surface area contributed by atoms with E-state index in [-0.39, 0.29) is 0 Å². The van der Waals surface area contributed by atoms with Gasteiger partial charge in [0.05, 0.1) is 0 Å². The van der Waals surface area contributed by atoms with E-state index in [1.807, 2.05) is 0 Å². The summed E-state index contributed by atoms with van der Waals surface area (Å²) in [7, 11) is 0. The van der Waals surface area contributed by atoms with Crippen LogP contribution in [0.25, 0.3) is 0 Å². The monoisotopic (exact) mass is 142 g/mol. The van der Waals surface area contributed by atoms with Crippen LogP contribution in [-0.4, -0.2) is 26.2 Å². The van der Waals surface area contributed by atoms with Gasteiger partial charge >= 0.3 is 0 Å². The minimum atomic E-state index is 0.722. The Balaban J connectivity index is 0.000000148. The predicted octanol–water partition coefficient (Wildman–Crippen LogP) is 0.595. The average molecular weight is 142 g/mol. The minimum absolute atomic E-state index is 0.722. The second-order valence-corrected chi connectivity index (χ2v) is 3.41. The molecule has 2 N–H and O–H groups in total. The Morgan fingerprint density at radius 2 is 1.30 bits per heavy atom. The third kappa shape index (κ3) is 1.50. The molecule has 2 fully saturated rings. The maximum absolute atomic E-state index is 3.26. The van der Waals surface area contributed by atoms with Crippen LogP contribution in [0.15, 0.2) is 0 Å². The summed E-state index contributed by atoms with van der Waals surface area (Å²) in [5.74, 6) is 0. The molecular formula is C8H18N2. The Kier molecular flexibility index (Phi) is 2.69. The van der Waals surface area contributed by atoms with Gasteiger partial charge < -0.3 is 10.6 Å². The molecule has 0 aromatic carbocycles. The first-order valence-electron chi connectivity index (χ1n) is 4.24. The van der Waals surface area contributed by atoms with Crippen molar-refractivity contribution in [3.63, 3.8) is 0 Å². The standard InChI is InChI=1S/C5H10N2.C3H8/c1-5(2-6-1)3-7-4-5;1-3-2/h6-7H,1-4H2;3H2,1-2H3. The fraction of sp³-hybridized carbons (Fsp3) is 1.00. The highest BCUT2D eigenvalue weighted by atomic mass is 15.1. The van der Waals surface area contributed by atoms with Gasteiger partial charge in [0.15, 0.2) is 0 Å². The summed E-state index contributed by atoms with van der Waals surface area (Å²) in [5, 5.41) is 6.53. The second kappa shape index (κ2) is 3.35.